The minimum atomic E-state index is -3.65. The van der Waals surface area contributed by atoms with Crippen molar-refractivity contribution in [1.29, 1.82) is 0 Å². The topological polar surface area (TPSA) is 106 Å². The van der Waals surface area contributed by atoms with Gasteiger partial charge in [0.2, 0.25) is 15.9 Å². The van der Waals surface area contributed by atoms with Crippen molar-refractivity contribution >= 4 is 22.0 Å². The van der Waals surface area contributed by atoms with Crippen molar-refractivity contribution in [3.63, 3.8) is 0 Å². The van der Waals surface area contributed by atoms with Crippen LogP contribution in [0.5, 0.6) is 0 Å². The molecule has 0 unspecified atom stereocenters. The van der Waals surface area contributed by atoms with E-state index in [2.05, 4.69) is 19.6 Å². The molecule has 0 atom stereocenters. The van der Waals surface area contributed by atoms with E-state index in [9.17, 15) is 13.2 Å². The van der Waals surface area contributed by atoms with E-state index in [-0.39, 0.29) is 17.3 Å². The van der Waals surface area contributed by atoms with Gasteiger partial charge in [-0.05, 0) is 48.7 Å². The number of imidazole rings is 1. The van der Waals surface area contributed by atoms with Gasteiger partial charge in [0.1, 0.15) is 11.6 Å². The monoisotopic (exact) mass is 440 g/mol. The van der Waals surface area contributed by atoms with Crippen molar-refractivity contribution in [3.05, 3.63) is 77.8 Å². The fourth-order valence-corrected chi connectivity index (χ4v) is 4.38. The molecule has 1 aliphatic heterocycles. The van der Waals surface area contributed by atoms with Gasteiger partial charge in [-0.1, -0.05) is 12.1 Å². The molecule has 0 spiro atoms. The number of carbonyl (C=O) groups excluding carboxylic acids is 1. The molecule has 4 rings (SSSR count). The number of furan rings is 1. The fraction of sp³-hybridized carbons (Fsp3) is 0.273. The number of amides is 1. The van der Waals surface area contributed by atoms with Crippen molar-refractivity contribution in [2.45, 2.75) is 43.8 Å². The summed E-state index contributed by atoms with van der Waals surface area (Å²) in [6.07, 6.45) is 9.86. The quantitative estimate of drug-likeness (QED) is 0.524. The molecule has 0 saturated carbocycles. The largest absolute Gasteiger partial charge is 0.468 e. The highest BCUT2D eigenvalue weighted by Gasteiger charge is 2.14. The number of aryl methyl sites for hydroxylation is 2. The first-order valence-electron chi connectivity index (χ1n) is 10.1. The summed E-state index contributed by atoms with van der Waals surface area (Å²) < 4.78 is 34.5. The minimum Gasteiger partial charge on any atom is -0.468 e. The van der Waals surface area contributed by atoms with Gasteiger partial charge in [0, 0.05) is 25.2 Å². The van der Waals surface area contributed by atoms with E-state index in [0.717, 1.165) is 42.9 Å². The number of nitrogens with one attached hydrogen (secondary N) is 2. The summed E-state index contributed by atoms with van der Waals surface area (Å²) in [6.45, 7) is 1.44. The zero-order valence-electron chi connectivity index (χ0n) is 17.0. The Balaban J connectivity index is 1.29. The molecule has 1 aliphatic rings. The van der Waals surface area contributed by atoms with Crippen LogP contribution in [-0.4, -0.2) is 23.9 Å². The fourth-order valence-electron chi connectivity index (χ4n) is 3.39. The number of rotatable bonds is 8. The van der Waals surface area contributed by atoms with Crippen LogP contribution in [-0.2, 0) is 40.9 Å². The van der Waals surface area contributed by atoms with Gasteiger partial charge >= 0.3 is 0 Å². The van der Waals surface area contributed by atoms with Crippen molar-refractivity contribution < 1.29 is 17.6 Å². The maximum absolute atomic E-state index is 12.4. The maximum Gasteiger partial charge on any atom is 0.244 e. The molecule has 31 heavy (non-hydrogen) atoms. The highest BCUT2D eigenvalue weighted by atomic mass is 32.2. The molecule has 0 fully saturated rings. The van der Waals surface area contributed by atoms with Gasteiger partial charge in [0.05, 0.1) is 29.9 Å². The Morgan fingerprint density at radius 2 is 2.00 bits per heavy atom. The number of fused-ring (bicyclic) bond motifs is 1. The van der Waals surface area contributed by atoms with Gasteiger partial charge in [-0.25, -0.2) is 18.1 Å². The molecular weight excluding hydrogens is 416 g/mol. The van der Waals surface area contributed by atoms with E-state index < -0.39 is 10.0 Å². The van der Waals surface area contributed by atoms with Gasteiger partial charge < -0.3 is 14.3 Å². The molecule has 2 aromatic heterocycles. The predicted molar refractivity (Wildman–Crippen MR) is 115 cm³/mol. The first-order valence-corrected chi connectivity index (χ1v) is 11.6. The van der Waals surface area contributed by atoms with Gasteiger partial charge in [0.15, 0.2) is 0 Å². The lowest BCUT2D eigenvalue weighted by Gasteiger charge is -2.11. The Kier molecular flexibility index (Phi) is 6.34. The Bertz CT molecular complexity index is 1140. The van der Waals surface area contributed by atoms with Crippen LogP contribution in [0, 0.1) is 0 Å². The lowest BCUT2D eigenvalue weighted by Crippen LogP contribution is -2.22. The summed E-state index contributed by atoms with van der Waals surface area (Å²) >= 11 is 0. The van der Waals surface area contributed by atoms with Crippen LogP contribution in [0.3, 0.4) is 0 Å². The number of benzene rings is 1. The number of nitrogens with zero attached hydrogens (tertiary/aromatic N) is 2. The van der Waals surface area contributed by atoms with Crippen LogP contribution in [0.1, 0.15) is 35.7 Å². The highest BCUT2D eigenvalue weighted by Crippen LogP contribution is 2.15. The van der Waals surface area contributed by atoms with Crippen molar-refractivity contribution in [2.24, 2.45) is 0 Å². The van der Waals surface area contributed by atoms with Crippen LogP contribution in [0.4, 0.5) is 0 Å². The van der Waals surface area contributed by atoms with Crippen LogP contribution < -0.4 is 10.0 Å². The summed E-state index contributed by atoms with van der Waals surface area (Å²) in [5.74, 6) is 1.38. The highest BCUT2D eigenvalue weighted by molar-refractivity contribution is 7.89. The SMILES string of the molecule is O=C(/C=C/c1ccc(S(=O)(=O)NCc2ccco2)cc1)NCc1cn2c(n1)CCCC2. The summed E-state index contributed by atoms with van der Waals surface area (Å²) in [7, 11) is -3.65. The minimum absolute atomic E-state index is 0.0803. The van der Waals surface area contributed by atoms with E-state index in [1.54, 1.807) is 30.3 Å². The second-order valence-electron chi connectivity index (χ2n) is 7.32. The standard InChI is InChI=1S/C22H24N4O4S/c27-22(23-14-18-16-26-12-2-1-5-21(26)25-18)11-8-17-6-9-20(10-7-17)31(28,29)24-15-19-4-3-13-30-19/h3-4,6-11,13,16,24H,1-2,5,12,14-15H2,(H,23,27)/b11-8+. The third kappa shape index (κ3) is 5.50. The second-order valence-corrected chi connectivity index (χ2v) is 9.09. The van der Waals surface area contributed by atoms with E-state index in [1.807, 2.05) is 6.20 Å². The Labute approximate surface area is 181 Å². The van der Waals surface area contributed by atoms with Gasteiger partial charge in [-0.2, -0.15) is 0 Å². The molecule has 0 bridgehead atoms. The van der Waals surface area contributed by atoms with E-state index in [0.29, 0.717) is 12.3 Å². The Morgan fingerprint density at radius 3 is 2.74 bits per heavy atom. The van der Waals surface area contributed by atoms with Crippen molar-refractivity contribution in [1.82, 2.24) is 19.6 Å². The molecular formula is C22H24N4O4S. The first-order chi connectivity index (χ1) is 15.0. The van der Waals surface area contributed by atoms with Gasteiger partial charge in [0.25, 0.3) is 0 Å². The van der Waals surface area contributed by atoms with Crippen molar-refractivity contribution in [2.75, 3.05) is 0 Å². The number of sulfonamides is 1. The normalized spacial score (nSPS) is 13.9. The smallest absolute Gasteiger partial charge is 0.244 e. The van der Waals surface area contributed by atoms with Crippen LogP contribution in [0.25, 0.3) is 6.08 Å². The van der Waals surface area contributed by atoms with Gasteiger partial charge in [-0.15, -0.1) is 0 Å². The van der Waals surface area contributed by atoms with E-state index in [1.165, 1.54) is 24.5 Å². The van der Waals surface area contributed by atoms with E-state index in [4.69, 9.17) is 4.42 Å². The molecule has 0 saturated heterocycles. The average Bonchev–Trinajstić information content (AvgIpc) is 3.44. The second kappa shape index (κ2) is 9.32. The lowest BCUT2D eigenvalue weighted by molar-refractivity contribution is -0.116. The predicted octanol–water partition coefficient (Wildman–Crippen LogP) is 2.62. The molecule has 0 aliphatic carbocycles. The molecule has 3 heterocycles. The average molecular weight is 441 g/mol. The number of aromatic nitrogens is 2. The van der Waals surface area contributed by atoms with Crippen LogP contribution in [0.15, 0.2) is 64.2 Å². The zero-order chi connectivity index (χ0) is 21.7. The molecule has 162 valence electrons. The van der Waals surface area contributed by atoms with Gasteiger partial charge in [-0.3, -0.25) is 4.79 Å². The molecule has 2 N–H and O–H groups in total. The number of carbonyl (C=O) groups is 1. The van der Waals surface area contributed by atoms with E-state index >= 15 is 0 Å². The maximum atomic E-state index is 12.4. The number of hydrogen-bond donors (Lipinski definition) is 2. The summed E-state index contributed by atoms with van der Waals surface area (Å²) in [4.78, 5) is 16.8. The van der Waals surface area contributed by atoms with Crippen molar-refractivity contribution in [3.8, 4) is 0 Å². The molecule has 1 amide bonds. The first kappa shape index (κ1) is 21.1. The molecule has 8 nitrogen and oxygen atoms in total. The number of hydrogen-bond acceptors (Lipinski definition) is 5. The Hall–Kier alpha value is -3.17. The molecule has 9 heteroatoms. The third-order valence-corrected chi connectivity index (χ3v) is 6.45. The molecule has 0 radical (unpaired) electrons. The molecule has 3 aromatic rings. The summed E-state index contributed by atoms with van der Waals surface area (Å²) in [6, 6.07) is 9.69. The third-order valence-electron chi connectivity index (χ3n) is 5.04. The molecule has 1 aromatic carbocycles. The Morgan fingerprint density at radius 1 is 1.16 bits per heavy atom. The summed E-state index contributed by atoms with van der Waals surface area (Å²) in [5, 5.41) is 2.83. The zero-order valence-corrected chi connectivity index (χ0v) is 17.8. The summed E-state index contributed by atoms with van der Waals surface area (Å²) in [5.41, 5.74) is 1.58. The van der Waals surface area contributed by atoms with Crippen LogP contribution >= 0.6 is 0 Å². The van der Waals surface area contributed by atoms with Crippen LogP contribution in [0.2, 0.25) is 0 Å². The lowest BCUT2D eigenvalue weighted by atomic mass is 10.2.